The number of hydrogen-bond donors (Lipinski definition) is 2. The van der Waals surface area contributed by atoms with Crippen LogP contribution >= 0.6 is 11.8 Å². The van der Waals surface area contributed by atoms with E-state index in [1.807, 2.05) is 24.9 Å². The molecule has 1 aromatic heterocycles. The maximum absolute atomic E-state index is 4.12. The van der Waals surface area contributed by atoms with Gasteiger partial charge in [-0.3, -0.25) is 0 Å². The lowest BCUT2D eigenvalue weighted by molar-refractivity contribution is 0.977. The zero-order valence-corrected chi connectivity index (χ0v) is 9.40. The Morgan fingerprint density at radius 1 is 1.36 bits per heavy atom. The van der Waals surface area contributed by atoms with Crippen molar-refractivity contribution >= 4 is 23.4 Å². The van der Waals surface area contributed by atoms with Crippen molar-refractivity contribution in [3.8, 4) is 0 Å². The van der Waals surface area contributed by atoms with Gasteiger partial charge in [-0.2, -0.15) is 11.8 Å². The average Bonchev–Trinajstić information content (AvgIpc) is 2.25. The van der Waals surface area contributed by atoms with Gasteiger partial charge in [0.05, 0.1) is 0 Å². The molecule has 0 unspecified atom stereocenters. The van der Waals surface area contributed by atoms with Gasteiger partial charge in [0.15, 0.2) is 0 Å². The monoisotopic (exact) mass is 212 g/mol. The summed E-state index contributed by atoms with van der Waals surface area (Å²) in [5, 5.41) is 6.22. The lowest BCUT2D eigenvalue weighted by Crippen LogP contribution is -2.05. The van der Waals surface area contributed by atoms with Crippen LogP contribution < -0.4 is 10.6 Å². The molecule has 0 atom stereocenters. The van der Waals surface area contributed by atoms with Crippen molar-refractivity contribution in [2.45, 2.75) is 6.42 Å². The number of nitrogens with one attached hydrogen (secondary N) is 2. The van der Waals surface area contributed by atoms with E-state index in [4.69, 9.17) is 0 Å². The van der Waals surface area contributed by atoms with Gasteiger partial charge in [-0.1, -0.05) is 0 Å². The second kappa shape index (κ2) is 6.48. The molecule has 4 nitrogen and oxygen atoms in total. The van der Waals surface area contributed by atoms with Crippen LogP contribution in [0.1, 0.15) is 6.42 Å². The zero-order valence-electron chi connectivity index (χ0n) is 8.58. The van der Waals surface area contributed by atoms with Crippen molar-refractivity contribution in [2.24, 2.45) is 0 Å². The third-order valence-corrected chi connectivity index (χ3v) is 2.45. The molecule has 0 radical (unpaired) electrons. The van der Waals surface area contributed by atoms with Crippen molar-refractivity contribution in [1.29, 1.82) is 0 Å². The topological polar surface area (TPSA) is 49.8 Å². The number of aromatic nitrogens is 2. The van der Waals surface area contributed by atoms with Gasteiger partial charge < -0.3 is 10.6 Å². The summed E-state index contributed by atoms with van der Waals surface area (Å²) in [5.74, 6) is 2.90. The average molecular weight is 212 g/mol. The molecule has 1 rings (SSSR count). The first-order valence-corrected chi connectivity index (χ1v) is 5.99. The van der Waals surface area contributed by atoms with Crippen LogP contribution in [-0.4, -0.2) is 35.6 Å². The SMILES string of the molecule is CNc1cc(NCCCSC)ncn1. The molecule has 78 valence electrons. The van der Waals surface area contributed by atoms with Gasteiger partial charge in [-0.15, -0.1) is 0 Å². The summed E-state index contributed by atoms with van der Waals surface area (Å²) in [4.78, 5) is 8.15. The van der Waals surface area contributed by atoms with Gasteiger partial charge in [0.1, 0.15) is 18.0 Å². The highest BCUT2D eigenvalue weighted by Crippen LogP contribution is 2.07. The van der Waals surface area contributed by atoms with Crippen LogP contribution in [0.5, 0.6) is 0 Å². The highest BCUT2D eigenvalue weighted by molar-refractivity contribution is 7.98. The molecule has 0 saturated carbocycles. The summed E-state index contributed by atoms with van der Waals surface area (Å²) in [6, 6.07) is 1.90. The van der Waals surface area contributed by atoms with Crippen molar-refractivity contribution in [2.75, 3.05) is 36.2 Å². The Labute approximate surface area is 88.9 Å². The predicted molar refractivity (Wildman–Crippen MR) is 63.1 cm³/mol. The third-order valence-electron chi connectivity index (χ3n) is 1.75. The number of anilines is 2. The largest absolute Gasteiger partial charge is 0.373 e. The normalized spacial score (nSPS) is 9.86. The summed E-state index contributed by atoms with van der Waals surface area (Å²) in [6.07, 6.45) is 4.83. The van der Waals surface area contributed by atoms with E-state index in [-0.39, 0.29) is 0 Å². The molecular formula is C9H16N4S. The standard InChI is InChI=1S/C9H16N4S/c1-10-8-6-9(13-7-12-8)11-4-3-5-14-2/h6-7H,3-5H2,1-2H3,(H2,10,11,12,13). The summed E-state index contributed by atoms with van der Waals surface area (Å²) < 4.78 is 0. The molecule has 0 aliphatic heterocycles. The maximum atomic E-state index is 4.12. The molecule has 1 aromatic rings. The minimum absolute atomic E-state index is 0.840. The second-order valence-electron chi connectivity index (χ2n) is 2.81. The minimum atomic E-state index is 0.840. The number of hydrogen-bond acceptors (Lipinski definition) is 5. The molecule has 1 heterocycles. The third kappa shape index (κ3) is 3.83. The van der Waals surface area contributed by atoms with Gasteiger partial charge in [0, 0.05) is 19.7 Å². The van der Waals surface area contributed by atoms with Crippen LogP contribution in [0.2, 0.25) is 0 Å². The Morgan fingerprint density at radius 3 is 2.86 bits per heavy atom. The van der Waals surface area contributed by atoms with Crippen molar-refractivity contribution in [1.82, 2.24) is 9.97 Å². The molecular weight excluding hydrogens is 196 g/mol. The fraction of sp³-hybridized carbons (Fsp3) is 0.556. The van der Waals surface area contributed by atoms with Crippen LogP contribution in [-0.2, 0) is 0 Å². The fourth-order valence-corrected chi connectivity index (χ4v) is 1.46. The number of thioether (sulfide) groups is 1. The van der Waals surface area contributed by atoms with Gasteiger partial charge in [0.25, 0.3) is 0 Å². The Bertz CT molecular complexity index is 267. The first kappa shape index (κ1) is 11.1. The Morgan fingerprint density at radius 2 is 2.14 bits per heavy atom. The van der Waals surface area contributed by atoms with Crippen LogP contribution in [0.15, 0.2) is 12.4 Å². The Kier molecular flexibility index (Phi) is 5.14. The van der Waals surface area contributed by atoms with Crippen LogP contribution in [0.4, 0.5) is 11.6 Å². The van der Waals surface area contributed by atoms with E-state index < -0.39 is 0 Å². The van der Waals surface area contributed by atoms with Gasteiger partial charge >= 0.3 is 0 Å². The number of rotatable bonds is 6. The van der Waals surface area contributed by atoms with E-state index in [2.05, 4.69) is 26.9 Å². The molecule has 0 spiro atoms. The Balaban J connectivity index is 2.34. The maximum Gasteiger partial charge on any atom is 0.131 e. The molecule has 0 bridgehead atoms. The quantitative estimate of drug-likeness (QED) is 0.703. The molecule has 0 saturated heterocycles. The van der Waals surface area contributed by atoms with E-state index in [1.54, 1.807) is 6.33 Å². The van der Waals surface area contributed by atoms with Crippen molar-refractivity contribution < 1.29 is 0 Å². The lowest BCUT2D eigenvalue weighted by atomic mass is 10.4. The van der Waals surface area contributed by atoms with E-state index in [0.29, 0.717) is 0 Å². The van der Waals surface area contributed by atoms with Crippen LogP contribution in [0, 0.1) is 0 Å². The summed E-state index contributed by atoms with van der Waals surface area (Å²) in [5.41, 5.74) is 0. The van der Waals surface area contributed by atoms with Crippen LogP contribution in [0.3, 0.4) is 0 Å². The molecule has 0 aromatic carbocycles. The predicted octanol–water partition coefficient (Wildman–Crippen LogP) is 1.68. The second-order valence-corrected chi connectivity index (χ2v) is 3.80. The summed E-state index contributed by atoms with van der Waals surface area (Å²) in [6.45, 7) is 0.959. The van der Waals surface area contributed by atoms with Gasteiger partial charge in [0.2, 0.25) is 0 Å². The van der Waals surface area contributed by atoms with E-state index in [9.17, 15) is 0 Å². The number of nitrogens with zero attached hydrogens (tertiary/aromatic N) is 2. The zero-order chi connectivity index (χ0) is 10.2. The summed E-state index contributed by atoms with van der Waals surface area (Å²) in [7, 11) is 1.85. The van der Waals surface area contributed by atoms with Crippen molar-refractivity contribution in [3.63, 3.8) is 0 Å². The van der Waals surface area contributed by atoms with E-state index >= 15 is 0 Å². The van der Waals surface area contributed by atoms with E-state index in [0.717, 1.165) is 24.6 Å². The molecule has 0 amide bonds. The smallest absolute Gasteiger partial charge is 0.131 e. The molecule has 5 heteroatoms. The van der Waals surface area contributed by atoms with Crippen LogP contribution in [0.25, 0.3) is 0 Å². The molecule has 0 fully saturated rings. The highest BCUT2D eigenvalue weighted by Gasteiger charge is 1.95. The van der Waals surface area contributed by atoms with E-state index in [1.165, 1.54) is 5.75 Å². The molecule has 0 aliphatic carbocycles. The molecule has 0 aliphatic rings. The molecule has 14 heavy (non-hydrogen) atoms. The molecule has 2 N–H and O–H groups in total. The first-order chi connectivity index (χ1) is 6.86. The highest BCUT2D eigenvalue weighted by atomic mass is 32.2. The fourth-order valence-electron chi connectivity index (χ4n) is 1.02. The lowest BCUT2D eigenvalue weighted by Gasteiger charge is -2.05. The Hall–Kier alpha value is -0.970. The van der Waals surface area contributed by atoms with Gasteiger partial charge in [-0.05, 0) is 18.4 Å². The summed E-state index contributed by atoms with van der Waals surface area (Å²) >= 11 is 1.86. The first-order valence-electron chi connectivity index (χ1n) is 4.59. The van der Waals surface area contributed by atoms with Crippen molar-refractivity contribution in [3.05, 3.63) is 12.4 Å². The minimum Gasteiger partial charge on any atom is -0.373 e. The van der Waals surface area contributed by atoms with Gasteiger partial charge in [-0.25, -0.2) is 9.97 Å².